The molecule has 0 aromatic heterocycles. The Morgan fingerprint density at radius 2 is 1.54 bits per heavy atom. The number of hydrogen-bond donors (Lipinski definition) is 1. The van der Waals surface area contributed by atoms with Crippen LogP contribution in [0, 0.1) is 0 Å². The highest BCUT2D eigenvalue weighted by atomic mass is 19.4. The zero-order chi connectivity index (χ0) is 24.8. The molecular weight excluding hydrogens is 453 g/mol. The highest BCUT2D eigenvalue weighted by Crippen LogP contribution is 2.29. The van der Waals surface area contributed by atoms with E-state index in [9.17, 15) is 18.0 Å². The van der Waals surface area contributed by atoms with Gasteiger partial charge >= 0.3 is 6.18 Å². The first-order valence-corrected chi connectivity index (χ1v) is 12.6. The molecule has 0 aliphatic carbocycles. The van der Waals surface area contributed by atoms with Crippen LogP contribution in [0.5, 0.6) is 0 Å². The van der Waals surface area contributed by atoms with Crippen LogP contribution in [0.4, 0.5) is 18.9 Å². The summed E-state index contributed by atoms with van der Waals surface area (Å²) >= 11 is 0. The van der Waals surface area contributed by atoms with Gasteiger partial charge < -0.3 is 20.0 Å². The van der Waals surface area contributed by atoms with Gasteiger partial charge in [-0.25, -0.2) is 0 Å². The molecule has 0 bridgehead atoms. The molecule has 4 rings (SSSR count). The smallest absolute Gasteiger partial charge is 0.371 e. The summed E-state index contributed by atoms with van der Waals surface area (Å²) in [6.07, 6.45) is -1.56. The van der Waals surface area contributed by atoms with Crippen LogP contribution in [0.2, 0.25) is 0 Å². The van der Waals surface area contributed by atoms with Gasteiger partial charge in [0.05, 0.1) is 5.56 Å². The monoisotopic (exact) mass is 488 g/mol. The van der Waals surface area contributed by atoms with Crippen LogP contribution in [0.15, 0.2) is 48.5 Å². The second-order valence-corrected chi connectivity index (χ2v) is 9.43. The molecule has 2 aliphatic heterocycles. The van der Waals surface area contributed by atoms with E-state index in [-0.39, 0.29) is 5.91 Å². The molecule has 2 saturated heterocycles. The molecule has 2 fully saturated rings. The topological polar surface area (TPSA) is 38.8 Å². The molecule has 0 unspecified atom stereocenters. The molecule has 2 aliphatic rings. The number of nitrogens with zero attached hydrogens (tertiary/aromatic N) is 3. The maximum Gasteiger partial charge on any atom is 0.416 e. The zero-order valence-electron chi connectivity index (χ0n) is 20.4. The van der Waals surface area contributed by atoms with Gasteiger partial charge in [0.1, 0.15) is 0 Å². The maximum atomic E-state index is 12.8. The number of rotatable bonds is 7. The molecule has 0 saturated carbocycles. The third-order valence-electron chi connectivity index (χ3n) is 7.21. The third kappa shape index (κ3) is 6.76. The van der Waals surface area contributed by atoms with E-state index in [1.54, 1.807) is 12.1 Å². The first-order valence-electron chi connectivity index (χ1n) is 12.6. The molecule has 35 heavy (non-hydrogen) atoms. The Morgan fingerprint density at radius 3 is 2.11 bits per heavy atom. The lowest BCUT2D eigenvalue weighted by atomic mass is 10.0. The molecule has 2 aromatic rings. The van der Waals surface area contributed by atoms with E-state index < -0.39 is 11.7 Å². The zero-order valence-corrected chi connectivity index (χ0v) is 20.4. The summed E-state index contributed by atoms with van der Waals surface area (Å²) in [6.45, 7) is 9.25. The van der Waals surface area contributed by atoms with Crippen molar-refractivity contribution in [1.29, 1.82) is 0 Å². The minimum Gasteiger partial charge on any atom is -0.371 e. The quantitative estimate of drug-likeness (QED) is 0.632. The van der Waals surface area contributed by atoms with Crippen LogP contribution >= 0.6 is 0 Å². The molecule has 1 amide bonds. The molecule has 0 atom stereocenters. The van der Waals surface area contributed by atoms with E-state index >= 15 is 0 Å². The lowest BCUT2D eigenvalue weighted by Gasteiger charge is -2.35. The molecule has 5 nitrogen and oxygen atoms in total. The number of carbonyl (C=O) groups is 1. The van der Waals surface area contributed by atoms with Crippen LogP contribution in [0.1, 0.15) is 41.3 Å². The fourth-order valence-corrected chi connectivity index (χ4v) is 4.89. The molecule has 2 heterocycles. The first-order chi connectivity index (χ1) is 16.8. The van der Waals surface area contributed by atoms with Gasteiger partial charge in [-0.3, -0.25) is 4.79 Å². The minimum absolute atomic E-state index is 0.114. The Bertz CT molecular complexity index is 946. The number of piperidine rings is 1. The van der Waals surface area contributed by atoms with E-state index in [2.05, 4.69) is 22.0 Å². The fraction of sp³-hybridized carbons (Fsp3) is 0.519. The number of benzene rings is 2. The summed E-state index contributed by atoms with van der Waals surface area (Å²) in [5.74, 6) is 0.114. The van der Waals surface area contributed by atoms with Crippen LogP contribution < -0.4 is 10.2 Å². The van der Waals surface area contributed by atoms with Gasteiger partial charge in [-0.1, -0.05) is 19.1 Å². The lowest BCUT2D eigenvalue weighted by Crippen LogP contribution is -2.48. The minimum atomic E-state index is -4.29. The van der Waals surface area contributed by atoms with E-state index in [1.807, 2.05) is 29.2 Å². The summed E-state index contributed by atoms with van der Waals surface area (Å²) in [4.78, 5) is 19.5. The van der Waals surface area contributed by atoms with Crippen molar-refractivity contribution >= 4 is 11.6 Å². The molecule has 0 spiro atoms. The van der Waals surface area contributed by atoms with Crippen molar-refractivity contribution in [3.63, 3.8) is 0 Å². The molecule has 2 aromatic carbocycles. The standard InChI is InChI=1S/C27H35F3N4O/c1-2-32-17-19-34(20-18-32)26(35)22-5-9-25(10-6-22)33-15-12-24(13-16-33)31-14-11-21-3-7-23(8-4-21)27(28,29)30/h3-10,24,31H,2,11-20H2,1H3. The van der Waals surface area contributed by atoms with Gasteiger partial charge in [0, 0.05) is 56.6 Å². The van der Waals surface area contributed by atoms with Crippen molar-refractivity contribution < 1.29 is 18.0 Å². The first kappa shape index (κ1) is 25.5. The second-order valence-electron chi connectivity index (χ2n) is 9.43. The molecule has 190 valence electrons. The Morgan fingerprint density at radius 1 is 0.914 bits per heavy atom. The van der Waals surface area contributed by atoms with Gasteiger partial charge in [0.15, 0.2) is 0 Å². The number of alkyl halides is 3. The molecule has 0 radical (unpaired) electrons. The third-order valence-corrected chi connectivity index (χ3v) is 7.21. The largest absolute Gasteiger partial charge is 0.416 e. The maximum absolute atomic E-state index is 12.8. The Hall–Kier alpha value is -2.58. The van der Waals surface area contributed by atoms with E-state index in [0.717, 1.165) is 94.1 Å². The Labute approximate surface area is 205 Å². The number of halogens is 3. The summed E-state index contributed by atoms with van der Waals surface area (Å²) in [6, 6.07) is 13.8. The predicted octanol–water partition coefficient (Wildman–Crippen LogP) is 4.28. The average molecular weight is 489 g/mol. The number of hydrogen-bond acceptors (Lipinski definition) is 4. The fourth-order valence-electron chi connectivity index (χ4n) is 4.89. The summed E-state index contributed by atoms with van der Waals surface area (Å²) < 4.78 is 38.1. The van der Waals surface area contributed by atoms with Gasteiger partial charge in [-0.15, -0.1) is 0 Å². The van der Waals surface area contributed by atoms with E-state index in [0.29, 0.717) is 12.5 Å². The van der Waals surface area contributed by atoms with Crippen molar-refractivity contribution in [3.05, 3.63) is 65.2 Å². The van der Waals surface area contributed by atoms with Crippen LogP contribution in [0.25, 0.3) is 0 Å². The molecule has 8 heteroatoms. The van der Waals surface area contributed by atoms with Crippen molar-refractivity contribution in [3.8, 4) is 0 Å². The van der Waals surface area contributed by atoms with Crippen LogP contribution in [-0.4, -0.2) is 74.1 Å². The highest BCUT2D eigenvalue weighted by molar-refractivity contribution is 5.94. The summed E-state index contributed by atoms with van der Waals surface area (Å²) in [7, 11) is 0. The average Bonchev–Trinajstić information content (AvgIpc) is 2.89. The van der Waals surface area contributed by atoms with Gasteiger partial charge in [0.25, 0.3) is 5.91 Å². The normalized spacial score (nSPS) is 18.2. The second kappa shape index (κ2) is 11.4. The van der Waals surface area contributed by atoms with E-state index in [1.165, 1.54) is 0 Å². The van der Waals surface area contributed by atoms with Crippen molar-refractivity contribution in [1.82, 2.24) is 15.1 Å². The highest BCUT2D eigenvalue weighted by Gasteiger charge is 2.30. The predicted molar refractivity (Wildman–Crippen MR) is 133 cm³/mol. The van der Waals surface area contributed by atoms with E-state index in [4.69, 9.17) is 0 Å². The summed E-state index contributed by atoms with van der Waals surface area (Å²) in [5, 5.41) is 3.55. The van der Waals surface area contributed by atoms with Crippen LogP contribution in [-0.2, 0) is 12.6 Å². The number of anilines is 1. The van der Waals surface area contributed by atoms with Crippen LogP contribution in [0.3, 0.4) is 0 Å². The van der Waals surface area contributed by atoms with Gasteiger partial charge in [-0.05, 0) is 74.3 Å². The number of likely N-dealkylation sites (N-methyl/N-ethyl adjacent to an activating group) is 1. The van der Waals surface area contributed by atoms with Crippen molar-refractivity contribution in [2.24, 2.45) is 0 Å². The Kier molecular flexibility index (Phi) is 8.34. The number of amides is 1. The van der Waals surface area contributed by atoms with Gasteiger partial charge in [0.2, 0.25) is 0 Å². The lowest BCUT2D eigenvalue weighted by molar-refractivity contribution is -0.137. The number of nitrogens with one attached hydrogen (secondary N) is 1. The number of piperazine rings is 1. The molecule has 1 N–H and O–H groups in total. The van der Waals surface area contributed by atoms with Gasteiger partial charge in [-0.2, -0.15) is 13.2 Å². The number of carbonyl (C=O) groups excluding carboxylic acids is 1. The van der Waals surface area contributed by atoms with Crippen molar-refractivity contribution in [2.75, 3.05) is 57.3 Å². The Balaban J connectivity index is 1.19. The van der Waals surface area contributed by atoms with Crippen molar-refractivity contribution in [2.45, 2.75) is 38.4 Å². The SMILES string of the molecule is CCN1CCN(C(=O)c2ccc(N3CCC(NCCc4ccc(C(F)(F)F)cc4)CC3)cc2)CC1. The molecular formula is C27H35F3N4O. The summed E-state index contributed by atoms with van der Waals surface area (Å²) in [5.41, 5.74) is 2.19.